The summed E-state index contributed by atoms with van der Waals surface area (Å²) in [5.74, 6) is -2.23. The molecule has 1 saturated heterocycles. The number of likely N-dealkylation sites (N-methyl/N-ethyl adjacent to an activating group) is 1. The van der Waals surface area contributed by atoms with Crippen LogP contribution < -0.4 is 5.32 Å². The Labute approximate surface area is 110 Å². The van der Waals surface area contributed by atoms with E-state index in [1.54, 1.807) is 13.8 Å². The topological polar surface area (TPSA) is 107 Å². The minimum absolute atomic E-state index is 0.188. The van der Waals surface area contributed by atoms with Crippen molar-refractivity contribution in [2.24, 2.45) is 0 Å². The van der Waals surface area contributed by atoms with Crippen LogP contribution in [0.2, 0.25) is 0 Å². The smallest absolute Gasteiger partial charge is 0.323 e. The number of nitrogens with one attached hydrogen (secondary N) is 1. The fourth-order valence-corrected chi connectivity index (χ4v) is 1.93. The van der Waals surface area contributed by atoms with Crippen molar-refractivity contribution in [3.05, 3.63) is 0 Å². The second kappa shape index (κ2) is 6.17. The van der Waals surface area contributed by atoms with E-state index in [1.165, 1.54) is 0 Å². The maximum atomic E-state index is 12.2. The van der Waals surface area contributed by atoms with E-state index in [0.29, 0.717) is 6.42 Å². The molecule has 19 heavy (non-hydrogen) atoms. The minimum Gasteiger partial charge on any atom is -0.480 e. The molecule has 0 aromatic heterocycles. The molecule has 0 aliphatic carbocycles. The monoisotopic (exact) mass is 271 g/mol. The molecule has 2 N–H and O–H groups in total. The number of hydrogen-bond acceptors (Lipinski definition) is 4. The summed E-state index contributed by atoms with van der Waals surface area (Å²) in [6.45, 7) is 2.84. The first-order valence-electron chi connectivity index (χ1n) is 6.01. The Balaban J connectivity index is 2.90. The van der Waals surface area contributed by atoms with Gasteiger partial charge in [-0.1, -0.05) is 6.92 Å². The summed E-state index contributed by atoms with van der Waals surface area (Å²) in [6, 6.07) is -1.35. The van der Waals surface area contributed by atoms with Crippen LogP contribution in [0, 0.1) is 0 Å². The minimum atomic E-state index is -1.14. The summed E-state index contributed by atoms with van der Waals surface area (Å²) in [7, 11) is 0. The molecule has 0 aromatic carbocycles. The van der Waals surface area contributed by atoms with Crippen LogP contribution in [0.5, 0.6) is 0 Å². The molecule has 4 amide bonds. The second-order valence-corrected chi connectivity index (χ2v) is 4.15. The number of imide groups is 1. The molecule has 0 radical (unpaired) electrons. The summed E-state index contributed by atoms with van der Waals surface area (Å²) < 4.78 is 0. The number of carboxylic acids is 1. The van der Waals surface area contributed by atoms with Gasteiger partial charge in [0.25, 0.3) is 0 Å². The van der Waals surface area contributed by atoms with Crippen molar-refractivity contribution in [1.29, 1.82) is 0 Å². The van der Waals surface area contributed by atoms with Crippen LogP contribution in [-0.2, 0) is 14.4 Å². The van der Waals surface area contributed by atoms with Gasteiger partial charge in [-0.25, -0.2) is 4.79 Å². The number of nitrogens with zero attached hydrogens (tertiary/aromatic N) is 2. The molecule has 0 spiro atoms. The number of amides is 4. The molecular weight excluding hydrogens is 254 g/mol. The molecule has 8 heteroatoms. The highest BCUT2D eigenvalue weighted by atomic mass is 16.4. The number of rotatable bonds is 4. The van der Waals surface area contributed by atoms with Crippen LogP contribution in [-0.4, -0.2) is 64.4 Å². The van der Waals surface area contributed by atoms with Gasteiger partial charge < -0.3 is 14.9 Å². The van der Waals surface area contributed by atoms with E-state index in [-0.39, 0.29) is 13.1 Å². The summed E-state index contributed by atoms with van der Waals surface area (Å²) in [5.41, 5.74) is 0. The van der Waals surface area contributed by atoms with E-state index in [9.17, 15) is 19.2 Å². The fourth-order valence-electron chi connectivity index (χ4n) is 1.93. The summed E-state index contributed by atoms with van der Waals surface area (Å²) in [4.78, 5) is 48.0. The maximum Gasteiger partial charge on any atom is 0.323 e. The first-order chi connectivity index (χ1) is 8.90. The number of urea groups is 1. The molecule has 8 nitrogen and oxygen atoms in total. The van der Waals surface area contributed by atoms with E-state index in [0.717, 1.165) is 9.80 Å². The van der Waals surface area contributed by atoms with E-state index < -0.39 is 36.4 Å². The molecule has 0 aromatic rings. The Morgan fingerprint density at radius 2 is 2.05 bits per heavy atom. The van der Waals surface area contributed by atoms with Crippen LogP contribution in [0.1, 0.15) is 20.3 Å². The average molecular weight is 271 g/mol. The van der Waals surface area contributed by atoms with E-state index >= 15 is 0 Å². The molecule has 1 atom stereocenters. The largest absolute Gasteiger partial charge is 0.480 e. The van der Waals surface area contributed by atoms with Gasteiger partial charge in [0.1, 0.15) is 19.1 Å². The van der Waals surface area contributed by atoms with E-state index in [4.69, 9.17) is 5.11 Å². The van der Waals surface area contributed by atoms with E-state index in [1.807, 2.05) is 0 Å². The van der Waals surface area contributed by atoms with E-state index in [2.05, 4.69) is 5.32 Å². The standard InChI is InChI=1S/C11H17N3O5/c1-3-7-10(18)12-8(15)5-14(7)11(19)13(4-2)6-9(16)17/h7H,3-6H2,1-2H3,(H,16,17)(H,12,15,18). The predicted molar refractivity (Wildman–Crippen MR) is 64.2 cm³/mol. The third kappa shape index (κ3) is 3.43. The Morgan fingerprint density at radius 3 is 2.53 bits per heavy atom. The zero-order chi connectivity index (χ0) is 14.6. The first-order valence-corrected chi connectivity index (χ1v) is 6.01. The molecule has 1 fully saturated rings. The van der Waals surface area contributed by atoms with Crippen molar-refractivity contribution < 1.29 is 24.3 Å². The normalized spacial score (nSPS) is 19.1. The fraction of sp³-hybridized carbons (Fsp3) is 0.636. The van der Waals surface area contributed by atoms with Gasteiger partial charge in [0.15, 0.2) is 0 Å². The highest BCUT2D eigenvalue weighted by molar-refractivity contribution is 6.04. The zero-order valence-corrected chi connectivity index (χ0v) is 10.9. The van der Waals surface area contributed by atoms with Crippen molar-refractivity contribution in [2.75, 3.05) is 19.6 Å². The molecule has 0 bridgehead atoms. The number of aliphatic carboxylic acids is 1. The summed E-state index contributed by atoms with van der Waals surface area (Å²) in [6.07, 6.45) is 0.357. The lowest BCUT2D eigenvalue weighted by Gasteiger charge is -2.36. The molecule has 106 valence electrons. The number of hydrogen-bond donors (Lipinski definition) is 2. The van der Waals surface area contributed by atoms with Crippen molar-refractivity contribution in [1.82, 2.24) is 15.1 Å². The molecule has 0 saturated carbocycles. The number of carboxylic acid groups (broad SMARTS) is 1. The lowest BCUT2D eigenvalue weighted by Crippen LogP contribution is -2.62. The average Bonchev–Trinajstić information content (AvgIpc) is 2.34. The quantitative estimate of drug-likeness (QED) is 0.654. The van der Waals surface area contributed by atoms with Crippen LogP contribution in [0.15, 0.2) is 0 Å². The maximum absolute atomic E-state index is 12.2. The SMILES string of the molecule is CCC1C(=O)NC(=O)CN1C(=O)N(CC)CC(=O)O. The molecular formula is C11H17N3O5. The van der Waals surface area contributed by atoms with Crippen molar-refractivity contribution in [2.45, 2.75) is 26.3 Å². The zero-order valence-electron chi connectivity index (χ0n) is 10.9. The molecule has 1 aliphatic heterocycles. The van der Waals surface area contributed by atoms with Gasteiger partial charge in [-0.05, 0) is 13.3 Å². The Hall–Kier alpha value is -2.12. The van der Waals surface area contributed by atoms with Crippen LogP contribution in [0.25, 0.3) is 0 Å². The lowest BCUT2D eigenvalue weighted by atomic mass is 10.1. The first kappa shape index (κ1) is 14.9. The molecule has 1 heterocycles. The Bertz CT molecular complexity index is 409. The van der Waals surface area contributed by atoms with Gasteiger partial charge in [-0.3, -0.25) is 19.7 Å². The highest BCUT2D eigenvalue weighted by Crippen LogP contribution is 2.12. The van der Waals surface area contributed by atoms with Crippen molar-refractivity contribution >= 4 is 23.8 Å². The third-order valence-corrected chi connectivity index (χ3v) is 2.87. The van der Waals surface area contributed by atoms with Gasteiger partial charge in [0.05, 0.1) is 0 Å². The number of piperazine rings is 1. The van der Waals surface area contributed by atoms with Gasteiger partial charge in [0, 0.05) is 6.54 Å². The van der Waals surface area contributed by atoms with Gasteiger partial charge >= 0.3 is 12.0 Å². The Morgan fingerprint density at radius 1 is 1.42 bits per heavy atom. The van der Waals surface area contributed by atoms with Gasteiger partial charge in [-0.2, -0.15) is 0 Å². The molecule has 1 rings (SSSR count). The van der Waals surface area contributed by atoms with Gasteiger partial charge in [-0.15, -0.1) is 0 Å². The van der Waals surface area contributed by atoms with Crippen molar-refractivity contribution in [3.63, 3.8) is 0 Å². The second-order valence-electron chi connectivity index (χ2n) is 4.15. The summed E-state index contributed by atoms with van der Waals surface area (Å²) >= 11 is 0. The number of carbonyl (C=O) groups is 4. The van der Waals surface area contributed by atoms with Gasteiger partial charge in [0.2, 0.25) is 11.8 Å². The van der Waals surface area contributed by atoms with Crippen molar-refractivity contribution in [3.8, 4) is 0 Å². The predicted octanol–water partition coefficient (Wildman–Crippen LogP) is -0.750. The van der Waals surface area contributed by atoms with Crippen LogP contribution in [0.4, 0.5) is 4.79 Å². The van der Waals surface area contributed by atoms with Crippen LogP contribution >= 0.6 is 0 Å². The molecule has 1 unspecified atom stereocenters. The Kier molecular flexibility index (Phi) is 4.85. The van der Waals surface area contributed by atoms with Crippen LogP contribution in [0.3, 0.4) is 0 Å². The third-order valence-electron chi connectivity index (χ3n) is 2.87. The highest BCUT2D eigenvalue weighted by Gasteiger charge is 2.37. The number of carbonyl (C=O) groups excluding carboxylic acids is 3. The molecule has 1 aliphatic rings. The lowest BCUT2D eigenvalue weighted by molar-refractivity contribution is -0.138. The summed E-state index contributed by atoms with van der Waals surface area (Å²) in [5, 5.41) is 10.9.